The van der Waals surface area contributed by atoms with Crippen molar-refractivity contribution in [2.45, 2.75) is 46.1 Å². The minimum atomic E-state index is -0.815. The number of carboxylic acids is 1. The van der Waals surface area contributed by atoms with Gasteiger partial charge in [0.1, 0.15) is 0 Å². The molecular weight excluding hydrogens is 232 g/mol. The zero-order chi connectivity index (χ0) is 13.8. The molecule has 0 bridgehead atoms. The lowest BCUT2D eigenvalue weighted by Gasteiger charge is -2.28. The second-order valence-electron chi connectivity index (χ2n) is 5.38. The van der Waals surface area contributed by atoms with Gasteiger partial charge in [0, 0.05) is 18.5 Å². The van der Waals surface area contributed by atoms with Crippen molar-refractivity contribution in [1.29, 1.82) is 0 Å². The van der Waals surface area contributed by atoms with Gasteiger partial charge in [-0.3, -0.25) is 9.59 Å². The van der Waals surface area contributed by atoms with Gasteiger partial charge in [0.15, 0.2) is 0 Å². The number of carboxylic acid groups (broad SMARTS) is 1. The molecule has 1 saturated carbocycles. The summed E-state index contributed by atoms with van der Waals surface area (Å²) in [6.45, 7) is 7.02. The summed E-state index contributed by atoms with van der Waals surface area (Å²) in [5, 5.41) is 15.3. The van der Waals surface area contributed by atoms with Crippen LogP contribution in [0.25, 0.3) is 0 Å². The molecule has 0 saturated heterocycles. The molecule has 104 valence electrons. The van der Waals surface area contributed by atoms with Crippen molar-refractivity contribution < 1.29 is 14.7 Å². The second kappa shape index (κ2) is 6.18. The van der Waals surface area contributed by atoms with Crippen LogP contribution >= 0.6 is 0 Å². The Hall–Kier alpha value is -1.10. The second-order valence-corrected chi connectivity index (χ2v) is 5.38. The molecule has 0 aromatic heterocycles. The van der Waals surface area contributed by atoms with Gasteiger partial charge in [-0.15, -0.1) is 0 Å². The summed E-state index contributed by atoms with van der Waals surface area (Å²) in [5.74, 6) is -1.01. The highest BCUT2D eigenvalue weighted by molar-refractivity contribution is 5.81. The van der Waals surface area contributed by atoms with E-state index in [2.05, 4.69) is 10.6 Å². The SMILES string of the molecule is CCNCC(C)C(=O)NC1CCCC1(C)C(=O)O. The largest absolute Gasteiger partial charge is 0.481 e. The van der Waals surface area contributed by atoms with Gasteiger partial charge >= 0.3 is 5.97 Å². The van der Waals surface area contributed by atoms with Crippen LogP contribution in [0.2, 0.25) is 0 Å². The van der Waals surface area contributed by atoms with Crippen molar-refractivity contribution in [2.75, 3.05) is 13.1 Å². The normalized spacial score (nSPS) is 28.9. The number of hydrogen-bond acceptors (Lipinski definition) is 3. The van der Waals surface area contributed by atoms with Gasteiger partial charge < -0.3 is 15.7 Å². The van der Waals surface area contributed by atoms with Gasteiger partial charge in [-0.05, 0) is 26.3 Å². The third-order valence-corrected chi connectivity index (χ3v) is 3.91. The first-order chi connectivity index (χ1) is 8.41. The van der Waals surface area contributed by atoms with Crippen molar-refractivity contribution in [3.63, 3.8) is 0 Å². The lowest BCUT2D eigenvalue weighted by atomic mass is 9.84. The number of hydrogen-bond donors (Lipinski definition) is 3. The van der Waals surface area contributed by atoms with E-state index in [9.17, 15) is 14.7 Å². The zero-order valence-corrected chi connectivity index (χ0v) is 11.5. The van der Waals surface area contributed by atoms with E-state index < -0.39 is 11.4 Å². The Kier molecular flexibility index (Phi) is 5.14. The van der Waals surface area contributed by atoms with Gasteiger partial charge in [0.05, 0.1) is 5.41 Å². The summed E-state index contributed by atoms with van der Waals surface area (Å²) in [5.41, 5.74) is -0.812. The highest BCUT2D eigenvalue weighted by Crippen LogP contribution is 2.38. The minimum Gasteiger partial charge on any atom is -0.481 e. The Balaban J connectivity index is 2.56. The molecule has 0 heterocycles. The van der Waals surface area contributed by atoms with Crippen LogP contribution in [0.5, 0.6) is 0 Å². The van der Waals surface area contributed by atoms with E-state index in [1.54, 1.807) is 6.92 Å². The molecule has 0 radical (unpaired) electrons. The summed E-state index contributed by atoms with van der Waals surface area (Å²) in [6, 6.07) is -0.244. The van der Waals surface area contributed by atoms with Crippen molar-refractivity contribution >= 4 is 11.9 Å². The molecule has 0 aromatic carbocycles. The smallest absolute Gasteiger partial charge is 0.311 e. The predicted molar refractivity (Wildman–Crippen MR) is 69.2 cm³/mol. The topological polar surface area (TPSA) is 78.4 Å². The molecule has 18 heavy (non-hydrogen) atoms. The van der Waals surface area contributed by atoms with Crippen LogP contribution in [-0.2, 0) is 9.59 Å². The Morgan fingerprint density at radius 1 is 1.50 bits per heavy atom. The number of aliphatic carboxylic acids is 1. The fourth-order valence-corrected chi connectivity index (χ4v) is 2.42. The van der Waals surface area contributed by atoms with Crippen molar-refractivity contribution in [1.82, 2.24) is 10.6 Å². The lowest BCUT2D eigenvalue weighted by Crippen LogP contribution is -2.49. The Morgan fingerprint density at radius 2 is 2.17 bits per heavy atom. The minimum absolute atomic E-state index is 0.0599. The predicted octanol–water partition coefficient (Wildman–Crippen LogP) is 0.992. The van der Waals surface area contributed by atoms with Crippen molar-refractivity contribution in [2.24, 2.45) is 11.3 Å². The first kappa shape index (κ1) is 15.0. The fraction of sp³-hybridized carbons (Fsp3) is 0.846. The number of nitrogens with one attached hydrogen (secondary N) is 2. The van der Waals surface area contributed by atoms with E-state index in [-0.39, 0.29) is 17.9 Å². The number of carbonyl (C=O) groups excluding carboxylic acids is 1. The van der Waals surface area contributed by atoms with Gasteiger partial charge in [-0.1, -0.05) is 20.3 Å². The van der Waals surface area contributed by atoms with E-state index in [1.165, 1.54) is 0 Å². The first-order valence-corrected chi connectivity index (χ1v) is 6.66. The Morgan fingerprint density at radius 3 is 2.72 bits per heavy atom. The van der Waals surface area contributed by atoms with Crippen molar-refractivity contribution in [3.05, 3.63) is 0 Å². The van der Waals surface area contributed by atoms with Crippen molar-refractivity contribution in [3.8, 4) is 0 Å². The highest BCUT2D eigenvalue weighted by atomic mass is 16.4. The molecule has 5 heteroatoms. The molecule has 1 rings (SSSR count). The molecule has 1 aliphatic carbocycles. The molecular formula is C13H24N2O3. The van der Waals surface area contributed by atoms with Gasteiger partial charge in [0.25, 0.3) is 0 Å². The summed E-state index contributed by atoms with van der Waals surface area (Å²) in [6.07, 6.45) is 2.24. The maximum Gasteiger partial charge on any atom is 0.311 e. The van der Waals surface area contributed by atoms with Crippen LogP contribution in [0.15, 0.2) is 0 Å². The zero-order valence-electron chi connectivity index (χ0n) is 11.5. The molecule has 1 aliphatic rings. The van der Waals surface area contributed by atoms with Gasteiger partial charge in [-0.25, -0.2) is 0 Å². The summed E-state index contributed by atoms with van der Waals surface area (Å²) >= 11 is 0. The van der Waals surface area contributed by atoms with Crippen LogP contribution in [0.4, 0.5) is 0 Å². The van der Waals surface area contributed by atoms with E-state index in [0.717, 1.165) is 19.4 Å². The Bertz CT molecular complexity index is 319. The summed E-state index contributed by atoms with van der Waals surface area (Å²) in [4.78, 5) is 23.3. The molecule has 3 unspecified atom stereocenters. The van der Waals surface area contributed by atoms with E-state index in [1.807, 2.05) is 13.8 Å². The average molecular weight is 256 g/mol. The molecule has 0 aromatic rings. The van der Waals surface area contributed by atoms with E-state index >= 15 is 0 Å². The third kappa shape index (κ3) is 3.22. The standard InChI is InChI=1S/C13H24N2O3/c1-4-14-8-9(2)11(16)15-10-6-5-7-13(10,3)12(17)18/h9-10,14H,4-8H2,1-3H3,(H,15,16)(H,17,18). The molecule has 3 atom stereocenters. The van der Waals surface area contributed by atoms with E-state index in [0.29, 0.717) is 13.0 Å². The number of amides is 1. The maximum absolute atomic E-state index is 12.0. The van der Waals surface area contributed by atoms with Gasteiger partial charge in [-0.2, -0.15) is 0 Å². The molecule has 0 aliphatic heterocycles. The number of carbonyl (C=O) groups is 2. The van der Waals surface area contributed by atoms with Crippen LogP contribution in [0.3, 0.4) is 0 Å². The summed E-state index contributed by atoms with van der Waals surface area (Å²) in [7, 11) is 0. The first-order valence-electron chi connectivity index (χ1n) is 6.66. The molecule has 1 amide bonds. The third-order valence-electron chi connectivity index (χ3n) is 3.91. The molecule has 1 fully saturated rings. The fourth-order valence-electron chi connectivity index (χ4n) is 2.42. The Labute approximate surface area is 108 Å². The van der Waals surface area contributed by atoms with Crippen LogP contribution in [-0.4, -0.2) is 36.1 Å². The highest BCUT2D eigenvalue weighted by Gasteiger charge is 2.46. The molecule has 5 nitrogen and oxygen atoms in total. The average Bonchev–Trinajstić information content (AvgIpc) is 2.69. The van der Waals surface area contributed by atoms with Crippen LogP contribution < -0.4 is 10.6 Å². The monoisotopic (exact) mass is 256 g/mol. The van der Waals surface area contributed by atoms with Crippen LogP contribution in [0.1, 0.15) is 40.0 Å². The van der Waals surface area contributed by atoms with Gasteiger partial charge in [0.2, 0.25) is 5.91 Å². The maximum atomic E-state index is 12.0. The van der Waals surface area contributed by atoms with Crippen LogP contribution in [0, 0.1) is 11.3 Å². The quantitative estimate of drug-likeness (QED) is 0.662. The van der Waals surface area contributed by atoms with E-state index in [4.69, 9.17) is 0 Å². The molecule has 0 spiro atoms. The number of rotatable bonds is 6. The molecule has 3 N–H and O–H groups in total. The lowest BCUT2D eigenvalue weighted by molar-refractivity contribution is -0.149. The summed E-state index contributed by atoms with van der Waals surface area (Å²) < 4.78 is 0.